The molecule has 0 bridgehead atoms. The van der Waals surface area contributed by atoms with Gasteiger partial charge < -0.3 is 10.2 Å². The smallest absolute Gasteiger partial charge is 0.190 e. The molecule has 3 nitrogen and oxygen atoms in total. The maximum atomic E-state index is 4.87. The van der Waals surface area contributed by atoms with Crippen molar-refractivity contribution in [1.82, 2.24) is 10.3 Å². The average molecular weight is 301 g/mol. The molecule has 3 rings (SSSR count). The molecule has 4 heteroatoms. The van der Waals surface area contributed by atoms with E-state index in [1.54, 1.807) is 11.3 Å². The van der Waals surface area contributed by atoms with Crippen LogP contribution < -0.4 is 10.2 Å². The van der Waals surface area contributed by atoms with Gasteiger partial charge in [-0.05, 0) is 37.4 Å². The van der Waals surface area contributed by atoms with E-state index in [0.717, 1.165) is 23.9 Å². The lowest BCUT2D eigenvalue weighted by Gasteiger charge is -2.32. The van der Waals surface area contributed by atoms with Crippen molar-refractivity contribution in [3.8, 4) is 0 Å². The van der Waals surface area contributed by atoms with Crippen LogP contribution in [0.3, 0.4) is 0 Å². The van der Waals surface area contributed by atoms with Gasteiger partial charge in [0.05, 0.1) is 5.69 Å². The summed E-state index contributed by atoms with van der Waals surface area (Å²) in [6.07, 6.45) is 1.17. The van der Waals surface area contributed by atoms with Gasteiger partial charge >= 0.3 is 0 Å². The highest BCUT2D eigenvalue weighted by Crippen LogP contribution is 2.37. The first kappa shape index (κ1) is 14.5. The zero-order valence-electron chi connectivity index (χ0n) is 13.0. The van der Waals surface area contributed by atoms with E-state index in [1.807, 2.05) is 0 Å². The summed E-state index contributed by atoms with van der Waals surface area (Å²) in [5.41, 5.74) is 3.91. The Kier molecular flexibility index (Phi) is 4.27. The second-order valence-corrected chi connectivity index (χ2v) is 6.72. The third-order valence-corrected chi connectivity index (χ3v) is 4.92. The first-order valence-electron chi connectivity index (χ1n) is 7.73. The predicted molar refractivity (Wildman–Crippen MR) is 90.5 cm³/mol. The highest BCUT2D eigenvalue weighted by Gasteiger charge is 2.24. The monoisotopic (exact) mass is 301 g/mol. The minimum Gasteiger partial charge on any atom is -0.317 e. The van der Waals surface area contributed by atoms with E-state index in [1.165, 1.54) is 17.7 Å². The molecule has 1 aromatic heterocycles. The summed E-state index contributed by atoms with van der Waals surface area (Å²) in [6, 6.07) is 9.04. The highest BCUT2D eigenvalue weighted by molar-refractivity contribution is 7.13. The molecule has 0 amide bonds. The lowest BCUT2D eigenvalue weighted by Crippen LogP contribution is -2.30. The van der Waals surface area contributed by atoms with Crippen molar-refractivity contribution in [1.29, 1.82) is 0 Å². The minimum absolute atomic E-state index is 0.317. The molecule has 0 saturated carbocycles. The van der Waals surface area contributed by atoms with Crippen LogP contribution in [0.15, 0.2) is 29.6 Å². The molecule has 1 aliphatic heterocycles. The maximum Gasteiger partial charge on any atom is 0.190 e. The van der Waals surface area contributed by atoms with Crippen LogP contribution in [0, 0.1) is 5.92 Å². The Morgan fingerprint density at radius 1 is 1.43 bits per heavy atom. The van der Waals surface area contributed by atoms with E-state index in [9.17, 15) is 0 Å². The summed E-state index contributed by atoms with van der Waals surface area (Å²) in [6.45, 7) is 8.65. The van der Waals surface area contributed by atoms with Gasteiger partial charge in [-0.2, -0.15) is 0 Å². The Morgan fingerprint density at radius 2 is 2.24 bits per heavy atom. The Hall–Kier alpha value is -1.39. The van der Waals surface area contributed by atoms with Crippen molar-refractivity contribution in [3.63, 3.8) is 0 Å². The Bertz CT molecular complexity index is 608. The van der Waals surface area contributed by atoms with Crippen molar-refractivity contribution < 1.29 is 0 Å². The van der Waals surface area contributed by atoms with Crippen molar-refractivity contribution in [2.75, 3.05) is 18.0 Å². The topological polar surface area (TPSA) is 28.2 Å². The van der Waals surface area contributed by atoms with E-state index in [-0.39, 0.29) is 0 Å². The van der Waals surface area contributed by atoms with E-state index < -0.39 is 0 Å². The average Bonchev–Trinajstić information content (AvgIpc) is 2.96. The van der Waals surface area contributed by atoms with Gasteiger partial charge in [0, 0.05) is 23.7 Å². The third kappa shape index (κ3) is 2.97. The van der Waals surface area contributed by atoms with Gasteiger partial charge in [-0.15, -0.1) is 11.3 Å². The van der Waals surface area contributed by atoms with Crippen molar-refractivity contribution in [2.45, 2.75) is 33.2 Å². The number of nitrogens with zero attached hydrogens (tertiary/aromatic N) is 2. The number of aromatic nitrogens is 1. The normalized spacial score (nSPS) is 19.4. The van der Waals surface area contributed by atoms with Crippen LogP contribution in [0.25, 0.3) is 0 Å². The molecule has 0 aliphatic carbocycles. The van der Waals surface area contributed by atoms with Gasteiger partial charge in [0.15, 0.2) is 5.13 Å². The first-order valence-corrected chi connectivity index (χ1v) is 8.61. The van der Waals surface area contributed by atoms with Crippen LogP contribution in [-0.4, -0.2) is 18.1 Å². The molecule has 2 aromatic rings. The second-order valence-electron chi connectivity index (χ2n) is 5.88. The van der Waals surface area contributed by atoms with Gasteiger partial charge in [0.25, 0.3) is 0 Å². The molecule has 0 radical (unpaired) electrons. The summed E-state index contributed by atoms with van der Waals surface area (Å²) in [4.78, 5) is 7.25. The molecule has 1 aliphatic rings. The second kappa shape index (κ2) is 6.16. The van der Waals surface area contributed by atoms with E-state index in [4.69, 9.17) is 4.98 Å². The van der Waals surface area contributed by atoms with Gasteiger partial charge in [0.2, 0.25) is 0 Å². The SMILES string of the molecule is CCNC(C)c1csc(N2CC(C)Cc3ccccc32)n1. The molecule has 0 fully saturated rings. The first-order chi connectivity index (χ1) is 10.2. The fourth-order valence-corrected chi connectivity index (χ4v) is 3.93. The van der Waals surface area contributed by atoms with Crippen LogP contribution in [-0.2, 0) is 6.42 Å². The number of benzene rings is 1. The number of anilines is 2. The van der Waals surface area contributed by atoms with E-state index in [0.29, 0.717) is 12.0 Å². The van der Waals surface area contributed by atoms with Crippen molar-refractivity contribution in [3.05, 3.63) is 40.9 Å². The number of thiazole rings is 1. The van der Waals surface area contributed by atoms with Gasteiger partial charge in [-0.25, -0.2) is 4.98 Å². The Morgan fingerprint density at radius 3 is 3.05 bits per heavy atom. The zero-order valence-corrected chi connectivity index (χ0v) is 13.8. The quantitative estimate of drug-likeness (QED) is 0.919. The number of para-hydroxylation sites is 1. The number of rotatable bonds is 4. The number of hydrogen-bond acceptors (Lipinski definition) is 4. The number of fused-ring (bicyclic) bond motifs is 1. The van der Waals surface area contributed by atoms with E-state index >= 15 is 0 Å². The molecule has 2 unspecified atom stereocenters. The van der Waals surface area contributed by atoms with Crippen LogP contribution in [0.1, 0.15) is 38.1 Å². The summed E-state index contributed by atoms with van der Waals surface area (Å²) >= 11 is 1.75. The van der Waals surface area contributed by atoms with Crippen molar-refractivity contribution in [2.24, 2.45) is 5.92 Å². The lowest BCUT2D eigenvalue weighted by atomic mass is 9.94. The lowest BCUT2D eigenvalue weighted by molar-refractivity contribution is 0.559. The Labute approximate surface area is 131 Å². The molecule has 0 saturated heterocycles. The molecular formula is C17H23N3S. The predicted octanol–water partition coefficient (Wildman–Crippen LogP) is 4.14. The van der Waals surface area contributed by atoms with Crippen LogP contribution >= 0.6 is 11.3 Å². The number of hydrogen-bond donors (Lipinski definition) is 1. The largest absolute Gasteiger partial charge is 0.317 e. The van der Waals surface area contributed by atoms with Gasteiger partial charge in [0.1, 0.15) is 0 Å². The van der Waals surface area contributed by atoms with Crippen LogP contribution in [0.2, 0.25) is 0 Å². The maximum absolute atomic E-state index is 4.87. The molecular weight excluding hydrogens is 278 g/mol. The highest BCUT2D eigenvalue weighted by atomic mass is 32.1. The third-order valence-electron chi connectivity index (χ3n) is 4.04. The fourth-order valence-electron chi connectivity index (χ4n) is 2.99. The van der Waals surface area contributed by atoms with Crippen LogP contribution in [0.4, 0.5) is 10.8 Å². The molecule has 21 heavy (non-hydrogen) atoms. The number of nitrogens with one attached hydrogen (secondary N) is 1. The summed E-state index contributed by atoms with van der Waals surface area (Å²) in [5.74, 6) is 0.665. The summed E-state index contributed by atoms with van der Waals surface area (Å²) in [7, 11) is 0. The summed E-state index contributed by atoms with van der Waals surface area (Å²) in [5, 5.41) is 6.74. The Balaban J connectivity index is 1.90. The van der Waals surface area contributed by atoms with Crippen molar-refractivity contribution >= 4 is 22.2 Å². The standard InChI is InChI=1S/C17H23N3S/c1-4-18-13(3)15-11-21-17(19-15)20-10-12(2)9-14-7-5-6-8-16(14)20/h5-8,11-13,18H,4,9-10H2,1-3H3. The molecule has 2 heterocycles. The van der Waals surface area contributed by atoms with E-state index in [2.05, 4.69) is 60.6 Å². The molecule has 1 N–H and O–H groups in total. The van der Waals surface area contributed by atoms with Gasteiger partial charge in [-0.1, -0.05) is 32.0 Å². The summed E-state index contributed by atoms with van der Waals surface area (Å²) < 4.78 is 0. The van der Waals surface area contributed by atoms with Crippen LogP contribution in [0.5, 0.6) is 0 Å². The minimum atomic E-state index is 0.317. The molecule has 1 aromatic carbocycles. The molecule has 0 spiro atoms. The molecule has 2 atom stereocenters. The zero-order chi connectivity index (χ0) is 14.8. The van der Waals surface area contributed by atoms with Gasteiger partial charge in [-0.3, -0.25) is 0 Å². The fraction of sp³-hybridized carbons (Fsp3) is 0.471. The molecule has 112 valence electrons.